The third-order valence-electron chi connectivity index (χ3n) is 1.73. The van der Waals surface area contributed by atoms with Crippen LogP contribution in [0.4, 0.5) is 5.69 Å². The first-order chi connectivity index (χ1) is 6.56. The van der Waals surface area contributed by atoms with Crippen molar-refractivity contribution in [2.24, 2.45) is 0 Å². The molecule has 1 unspecified atom stereocenters. The van der Waals surface area contributed by atoms with Crippen molar-refractivity contribution in [3.05, 3.63) is 33.9 Å². The summed E-state index contributed by atoms with van der Waals surface area (Å²) in [5.41, 5.74) is -0.129. The predicted molar refractivity (Wildman–Crippen MR) is 50.4 cm³/mol. The minimum atomic E-state index is -0.962. The molecule has 1 atom stereocenters. The van der Waals surface area contributed by atoms with Crippen LogP contribution < -0.4 is 0 Å². The molecule has 6 heteroatoms. The molecule has 76 valence electrons. The zero-order valence-electron chi connectivity index (χ0n) is 7.05. The predicted octanol–water partition coefficient (Wildman–Crippen LogP) is 1.57. The summed E-state index contributed by atoms with van der Waals surface area (Å²) in [4.78, 5) is 9.69. The van der Waals surface area contributed by atoms with Crippen molar-refractivity contribution in [3.8, 4) is 5.75 Å². The lowest BCUT2D eigenvalue weighted by atomic mass is 10.1. The van der Waals surface area contributed by atoms with Gasteiger partial charge in [0, 0.05) is 6.07 Å². The van der Waals surface area contributed by atoms with Crippen LogP contribution >= 0.6 is 11.6 Å². The molecular formula is C8H8ClNO4. The summed E-state index contributed by atoms with van der Waals surface area (Å²) < 4.78 is 0. The van der Waals surface area contributed by atoms with Crippen molar-refractivity contribution >= 4 is 17.3 Å². The normalized spacial score (nSPS) is 12.4. The number of nitrogens with zero attached hydrogens (tertiary/aromatic N) is 1. The number of hydrogen-bond donors (Lipinski definition) is 2. The fraction of sp³-hybridized carbons (Fsp3) is 0.250. The molecule has 0 heterocycles. The van der Waals surface area contributed by atoms with Crippen LogP contribution in [0, 0.1) is 10.1 Å². The Hall–Kier alpha value is -1.33. The number of rotatable bonds is 3. The quantitative estimate of drug-likeness (QED) is 0.457. The molecule has 1 aromatic rings. The van der Waals surface area contributed by atoms with Gasteiger partial charge >= 0.3 is 5.69 Å². The Morgan fingerprint density at radius 1 is 1.57 bits per heavy atom. The molecular weight excluding hydrogens is 210 g/mol. The lowest BCUT2D eigenvalue weighted by Crippen LogP contribution is -1.99. The minimum Gasteiger partial charge on any atom is -0.502 e. The Bertz CT molecular complexity index is 355. The van der Waals surface area contributed by atoms with Gasteiger partial charge in [-0.05, 0) is 11.6 Å². The number of aliphatic hydroxyl groups is 1. The topological polar surface area (TPSA) is 83.6 Å². The molecule has 14 heavy (non-hydrogen) atoms. The van der Waals surface area contributed by atoms with Gasteiger partial charge in [-0.15, -0.1) is 11.6 Å². The Balaban J connectivity index is 3.12. The second kappa shape index (κ2) is 4.26. The number of phenolic OH excluding ortho intramolecular Hbond substituents is 1. The van der Waals surface area contributed by atoms with Gasteiger partial charge in [-0.1, -0.05) is 6.07 Å². The maximum absolute atomic E-state index is 10.4. The van der Waals surface area contributed by atoms with Gasteiger partial charge in [0.15, 0.2) is 5.75 Å². The third-order valence-corrected chi connectivity index (χ3v) is 2.02. The number of nitro benzene ring substituents is 1. The van der Waals surface area contributed by atoms with E-state index < -0.39 is 22.5 Å². The Morgan fingerprint density at radius 3 is 2.71 bits per heavy atom. The molecule has 0 aliphatic carbocycles. The first-order valence-electron chi connectivity index (χ1n) is 3.77. The van der Waals surface area contributed by atoms with Gasteiger partial charge < -0.3 is 10.2 Å². The lowest BCUT2D eigenvalue weighted by Gasteiger charge is -2.06. The van der Waals surface area contributed by atoms with E-state index in [4.69, 9.17) is 16.7 Å². The summed E-state index contributed by atoms with van der Waals surface area (Å²) in [6, 6.07) is 3.64. The van der Waals surface area contributed by atoms with Crippen molar-refractivity contribution in [2.45, 2.75) is 6.10 Å². The standard InChI is InChI=1S/C8H8ClNO4/c9-4-8(12)5-1-2-7(11)6(3-5)10(13)14/h1-3,8,11-12H,4H2. The van der Waals surface area contributed by atoms with E-state index in [2.05, 4.69) is 0 Å². The molecule has 2 N–H and O–H groups in total. The minimum absolute atomic E-state index is 0.0536. The van der Waals surface area contributed by atoms with Crippen molar-refractivity contribution in [2.75, 3.05) is 5.88 Å². The number of phenols is 1. The number of aliphatic hydroxyl groups excluding tert-OH is 1. The van der Waals surface area contributed by atoms with E-state index in [1.807, 2.05) is 0 Å². The van der Waals surface area contributed by atoms with Crippen LogP contribution in [-0.4, -0.2) is 21.0 Å². The van der Waals surface area contributed by atoms with Crippen molar-refractivity contribution in [1.82, 2.24) is 0 Å². The van der Waals surface area contributed by atoms with Gasteiger partial charge in [0.2, 0.25) is 0 Å². The summed E-state index contributed by atoms with van der Waals surface area (Å²) in [5.74, 6) is -0.484. The molecule has 0 amide bonds. The summed E-state index contributed by atoms with van der Waals surface area (Å²) in [7, 11) is 0. The highest BCUT2D eigenvalue weighted by Gasteiger charge is 2.16. The molecule has 0 saturated carbocycles. The molecule has 0 saturated heterocycles. The first-order valence-corrected chi connectivity index (χ1v) is 4.31. The van der Waals surface area contributed by atoms with Crippen molar-refractivity contribution in [1.29, 1.82) is 0 Å². The highest BCUT2D eigenvalue weighted by molar-refractivity contribution is 6.18. The summed E-state index contributed by atoms with van der Waals surface area (Å²) in [6.45, 7) is 0. The first kappa shape index (κ1) is 10.7. The molecule has 0 spiro atoms. The highest BCUT2D eigenvalue weighted by Crippen LogP contribution is 2.28. The summed E-state index contributed by atoms with van der Waals surface area (Å²) in [5, 5.41) is 28.8. The van der Waals surface area contributed by atoms with Crippen molar-refractivity contribution in [3.63, 3.8) is 0 Å². The molecule has 0 aliphatic rings. The Morgan fingerprint density at radius 2 is 2.21 bits per heavy atom. The van der Waals surface area contributed by atoms with Crippen LogP contribution in [0.25, 0.3) is 0 Å². The fourth-order valence-corrected chi connectivity index (χ4v) is 1.16. The van der Waals surface area contributed by atoms with E-state index in [0.29, 0.717) is 5.56 Å². The number of benzene rings is 1. The average molecular weight is 218 g/mol. The molecule has 0 aromatic heterocycles. The van der Waals surface area contributed by atoms with Crippen LogP contribution in [0.1, 0.15) is 11.7 Å². The van der Waals surface area contributed by atoms with Gasteiger partial charge in [0.25, 0.3) is 0 Å². The second-order valence-corrected chi connectivity index (χ2v) is 2.98. The van der Waals surface area contributed by atoms with Crippen LogP contribution in [0.3, 0.4) is 0 Å². The number of hydrogen-bond acceptors (Lipinski definition) is 4. The molecule has 0 fully saturated rings. The molecule has 0 bridgehead atoms. The van der Waals surface area contributed by atoms with Gasteiger partial charge in [-0.2, -0.15) is 0 Å². The van der Waals surface area contributed by atoms with Crippen LogP contribution in [-0.2, 0) is 0 Å². The van der Waals surface area contributed by atoms with E-state index in [9.17, 15) is 15.2 Å². The third kappa shape index (κ3) is 2.12. The van der Waals surface area contributed by atoms with E-state index in [1.54, 1.807) is 0 Å². The average Bonchev–Trinajstić information content (AvgIpc) is 2.17. The highest BCUT2D eigenvalue weighted by atomic mass is 35.5. The fourth-order valence-electron chi connectivity index (χ4n) is 0.983. The maximum Gasteiger partial charge on any atom is 0.311 e. The zero-order valence-corrected chi connectivity index (χ0v) is 7.81. The summed E-state index contributed by atoms with van der Waals surface area (Å²) in [6.07, 6.45) is -0.962. The van der Waals surface area contributed by atoms with E-state index in [1.165, 1.54) is 6.07 Å². The monoisotopic (exact) mass is 217 g/mol. The van der Waals surface area contributed by atoms with Crippen LogP contribution in [0.15, 0.2) is 18.2 Å². The lowest BCUT2D eigenvalue weighted by molar-refractivity contribution is -0.386. The smallest absolute Gasteiger partial charge is 0.311 e. The zero-order chi connectivity index (χ0) is 10.7. The number of aromatic hydroxyl groups is 1. The SMILES string of the molecule is O=[N+]([O-])c1cc(C(O)CCl)ccc1O. The van der Waals surface area contributed by atoms with Crippen molar-refractivity contribution < 1.29 is 15.1 Å². The molecule has 0 aliphatic heterocycles. The van der Waals surface area contributed by atoms with E-state index in [-0.39, 0.29) is 5.88 Å². The number of nitro groups is 1. The van der Waals surface area contributed by atoms with E-state index >= 15 is 0 Å². The molecule has 0 radical (unpaired) electrons. The van der Waals surface area contributed by atoms with Gasteiger partial charge in [0.05, 0.1) is 16.9 Å². The van der Waals surface area contributed by atoms with Crippen LogP contribution in [0.5, 0.6) is 5.75 Å². The molecule has 1 rings (SSSR count). The van der Waals surface area contributed by atoms with Gasteiger partial charge in [-0.3, -0.25) is 10.1 Å². The van der Waals surface area contributed by atoms with E-state index in [0.717, 1.165) is 12.1 Å². The Kier molecular flexibility index (Phi) is 3.27. The molecule has 5 nitrogen and oxygen atoms in total. The number of alkyl halides is 1. The Labute approximate surface area is 84.7 Å². The van der Waals surface area contributed by atoms with Gasteiger partial charge in [-0.25, -0.2) is 0 Å². The maximum atomic E-state index is 10.4. The largest absolute Gasteiger partial charge is 0.502 e. The van der Waals surface area contributed by atoms with Gasteiger partial charge in [0.1, 0.15) is 0 Å². The second-order valence-electron chi connectivity index (χ2n) is 2.68. The molecule has 1 aromatic carbocycles. The number of halogens is 1. The van der Waals surface area contributed by atoms with Crippen LogP contribution in [0.2, 0.25) is 0 Å². The summed E-state index contributed by atoms with van der Waals surface area (Å²) >= 11 is 5.38.